The molecule has 5 nitrogen and oxygen atoms in total. The van der Waals surface area contributed by atoms with Gasteiger partial charge >= 0.3 is 0 Å². The van der Waals surface area contributed by atoms with Crippen LogP contribution in [0.25, 0.3) is 0 Å². The highest BCUT2D eigenvalue weighted by Gasteiger charge is 2.59. The van der Waals surface area contributed by atoms with E-state index < -0.39 is 0 Å². The van der Waals surface area contributed by atoms with Crippen LogP contribution in [0.4, 0.5) is 4.39 Å². The van der Waals surface area contributed by atoms with Gasteiger partial charge in [-0.3, -0.25) is 9.89 Å². The van der Waals surface area contributed by atoms with E-state index >= 15 is 0 Å². The van der Waals surface area contributed by atoms with Gasteiger partial charge < -0.3 is 15.4 Å². The van der Waals surface area contributed by atoms with Gasteiger partial charge in [0.15, 0.2) is 5.96 Å². The van der Waals surface area contributed by atoms with Crippen LogP contribution in [0.15, 0.2) is 29.3 Å². The molecule has 1 aromatic rings. The normalized spacial score (nSPS) is 26.4. The van der Waals surface area contributed by atoms with Crippen molar-refractivity contribution in [1.82, 2.24) is 15.5 Å². The summed E-state index contributed by atoms with van der Waals surface area (Å²) in [5.74, 6) is 0.770. The van der Waals surface area contributed by atoms with Crippen molar-refractivity contribution in [2.75, 3.05) is 26.7 Å². The summed E-state index contributed by atoms with van der Waals surface area (Å²) in [7, 11) is 1.87. The van der Waals surface area contributed by atoms with Gasteiger partial charge in [0.2, 0.25) is 0 Å². The maximum Gasteiger partial charge on any atom is 0.191 e. The van der Waals surface area contributed by atoms with Gasteiger partial charge in [0.05, 0.1) is 6.10 Å². The van der Waals surface area contributed by atoms with Gasteiger partial charge in [0, 0.05) is 50.8 Å². The first kappa shape index (κ1) is 23.7. The molecular weight excluding hydrogens is 494 g/mol. The summed E-state index contributed by atoms with van der Waals surface area (Å²) in [5, 5.41) is 7.35. The fourth-order valence-electron chi connectivity index (χ4n) is 5.25. The van der Waals surface area contributed by atoms with Crippen LogP contribution in [-0.4, -0.2) is 55.8 Å². The smallest absolute Gasteiger partial charge is 0.191 e. The standard InChI is InChI=1S/C23H35FN4O.HI/c1-3-29-21-15-20(23(21)11-4-12-23)27-22(25-2)26-19-9-13-28(14-10-19)16-17-5-7-18(24)8-6-17;/h5-8,19-21H,3-4,9-16H2,1-2H3,(H2,25,26,27);1H. The maximum atomic E-state index is 13.1. The molecule has 3 aliphatic rings. The summed E-state index contributed by atoms with van der Waals surface area (Å²) < 4.78 is 19.1. The Balaban J connectivity index is 0.00000256. The molecule has 0 amide bonds. The third-order valence-corrected chi connectivity index (χ3v) is 7.22. The van der Waals surface area contributed by atoms with E-state index in [1.807, 2.05) is 19.2 Å². The molecule has 2 saturated carbocycles. The molecule has 0 bridgehead atoms. The lowest BCUT2D eigenvalue weighted by molar-refractivity contribution is -0.168. The second kappa shape index (κ2) is 10.6. The van der Waals surface area contributed by atoms with Crippen molar-refractivity contribution < 1.29 is 9.13 Å². The van der Waals surface area contributed by atoms with E-state index in [0.717, 1.165) is 51.5 Å². The van der Waals surface area contributed by atoms with Gasteiger partial charge in [-0.2, -0.15) is 0 Å². The number of nitrogens with one attached hydrogen (secondary N) is 2. The molecule has 1 heterocycles. The minimum absolute atomic E-state index is 0. The van der Waals surface area contributed by atoms with Gasteiger partial charge in [-0.05, 0) is 56.7 Å². The second-order valence-electron chi connectivity index (χ2n) is 8.86. The number of rotatable bonds is 6. The SMILES string of the molecule is CCOC1CC(NC(=NC)NC2CCN(Cc3ccc(F)cc3)CC2)C12CCC2.I. The highest BCUT2D eigenvalue weighted by molar-refractivity contribution is 14.0. The van der Waals surface area contributed by atoms with Crippen molar-refractivity contribution in [2.45, 2.75) is 70.2 Å². The quantitative estimate of drug-likeness (QED) is 0.333. The molecule has 168 valence electrons. The van der Waals surface area contributed by atoms with Crippen molar-refractivity contribution in [2.24, 2.45) is 10.4 Å². The number of nitrogens with zero attached hydrogens (tertiary/aromatic N) is 2. The summed E-state index contributed by atoms with van der Waals surface area (Å²) in [4.78, 5) is 6.95. The van der Waals surface area contributed by atoms with E-state index in [-0.39, 0.29) is 29.8 Å². The number of hydrogen-bond acceptors (Lipinski definition) is 3. The number of ether oxygens (including phenoxy) is 1. The molecule has 2 N–H and O–H groups in total. The molecular formula is C23H36FIN4O. The van der Waals surface area contributed by atoms with Crippen LogP contribution in [0.3, 0.4) is 0 Å². The maximum absolute atomic E-state index is 13.1. The molecule has 1 aliphatic heterocycles. The fraction of sp³-hybridized carbons (Fsp3) is 0.696. The van der Waals surface area contributed by atoms with Gasteiger partial charge in [0.25, 0.3) is 0 Å². The number of aliphatic imine (C=N–C) groups is 1. The topological polar surface area (TPSA) is 48.9 Å². The van der Waals surface area contributed by atoms with Crippen LogP contribution in [0.2, 0.25) is 0 Å². The summed E-state index contributed by atoms with van der Waals surface area (Å²) in [6.07, 6.45) is 7.57. The first-order valence-electron chi connectivity index (χ1n) is 11.2. The van der Waals surface area contributed by atoms with Crippen molar-refractivity contribution in [3.63, 3.8) is 0 Å². The van der Waals surface area contributed by atoms with Gasteiger partial charge in [0.1, 0.15) is 5.82 Å². The van der Waals surface area contributed by atoms with E-state index in [4.69, 9.17) is 4.74 Å². The minimum Gasteiger partial charge on any atom is -0.378 e. The second-order valence-corrected chi connectivity index (χ2v) is 8.86. The number of hydrogen-bond donors (Lipinski definition) is 2. The van der Waals surface area contributed by atoms with E-state index in [1.54, 1.807) is 12.1 Å². The third-order valence-electron chi connectivity index (χ3n) is 7.22. The molecule has 7 heteroatoms. The van der Waals surface area contributed by atoms with Crippen molar-refractivity contribution in [3.05, 3.63) is 35.6 Å². The van der Waals surface area contributed by atoms with Crippen LogP contribution in [0, 0.1) is 11.2 Å². The Morgan fingerprint density at radius 1 is 1.20 bits per heavy atom. The third kappa shape index (κ3) is 5.10. The lowest BCUT2D eigenvalue weighted by Crippen LogP contribution is -2.69. The van der Waals surface area contributed by atoms with Crippen LogP contribution >= 0.6 is 24.0 Å². The van der Waals surface area contributed by atoms with Gasteiger partial charge in [-0.15, -0.1) is 24.0 Å². The zero-order chi connectivity index (χ0) is 20.3. The fourth-order valence-corrected chi connectivity index (χ4v) is 5.25. The minimum atomic E-state index is -0.168. The lowest BCUT2D eigenvalue weighted by atomic mass is 9.51. The summed E-state index contributed by atoms with van der Waals surface area (Å²) >= 11 is 0. The molecule has 2 aliphatic carbocycles. The molecule has 3 fully saturated rings. The molecule has 0 aromatic heterocycles. The molecule has 2 unspecified atom stereocenters. The van der Waals surface area contributed by atoms with E-state index in [1.165, 1.54) is 24.8 Å². The van der Waals surface area contributed by atoms with Crippen molar-refractivity contribution in [3.8, 4) is 0 Å². The Labute approximate surface area is 197 Å². The van der Waals surface area contributed by atoms with Crippen LogP contribution in [0.1, 0.15) is 51.0 Å². The van der Waals surface area contributed by atoms with Crippen LogP contribution in [0.5, 0.6) is 0 Å². The first-order chi connectivity index (χ1) is 14.1. The average molecular weight is 530 g/mol. The highest BCUT2D eigenvalue weighted by Crippen LogP contribution is 2.57. The number of likely N-dealkylation sites (tertiary alicyclic amines) is 1. The van der Waals surface area contributed by atoms with Gasteiger partial charge in [-0.1, -0.05) is 18.6 Å². The first-order valence-corrected chi connectivity index (χ1v) is 11.2. The van der Waals surface area contributed by atoms with Crippen molar-refractivity contribution in [1.29, 1.82) is 0 Å². The Hall–Kier alpha value is -0.930. The average Bonchev–Trinajstić information content (AvgIpc) is 2.68. The predicted octanol–water partition coefficient (Wildman–Crippen LogP) is 3.92. The largest absolute Gasteiger partial charge is 0.378 e. The predicted molar refractivity (Wildman–Crippen MR) is 130 cm³/mol. The highest BCUT2D eigenvalue weighted by atomic mass is 127. The molecule has 0 radical (unpaired) electrons. The Kier molecular flexibility index (Phi) is 8.38. The van der Waals surface area contributed by atoms with Crippen molar-refractivity contribution >= 4 is 29.9 Å². The number of benzene rings is 1. The summed E-state index contributed by atoms with van der Waals surface area (Å²) in [5.41, 5.74) is 1.52. The molecule has 4 rings (SSSR count). The lowest BCUT2D eigenvalue weighted by Gasteiger charge is -2.61. The van der Waals surface area contributed by atoms with E-state index in [9.17, 15) is 4.39 Å². The number of piperidine rings is 1. The number of halogens is 2. The zero-order valence-corrected chi connectivity index (χ0v) is 20.5. The molecule has 1 aromatic carbocycles. The molecule has 2 atom stereocenters. The molecule has 1 saturated heterocycles. The monoisotopic (exact) mass is 530 g/mol. The van der Waals surface area contributed by atoms with E-state index in [0.29, 0.717) is 23.6 Å². The van der Waals surface area contributed by atoms with Crippen LogP contribution in [-0.2, 0) is 11.3 Å². The van der Waals surface area contributed by atoms with Gasteiger partial charge in [-0.25, -0.2) is 4.39 Å². The van der Waals surface area contributed by atoms with Crippen LogP contribution < -0.4 is 10.6 Å². The molecule has 1 spiro atoms. The Bertz CT molecular complexity index is 702. The summed E-state index contributed by atoms with van der Waals surface area (Å²) in [6.45, 7) is 5.89. The zero-order valence-electron chi connectivity index (χ0n) is 18.2. The summed E-state index contributed by atoms with van der Waals surface area (Å²) in [6, 6.07) is 7.80. The number of guanidine groups is 1. The van der Waals surface area contributed by atoms with E-state index in [2.05, 4.69) is 27.4 Å². The Morgan fingerprint density at radius 3 is 2.47 bits per heavy atom. The Morgan fingerprint density at radius 2 is 1.90 bits per heavy atom. The molecule has 30 heavy (non-hydrogen) atoms.